The molecule has 2 rings (SSSR count). The molecule has 0 unspecified atom stereocenters. The van der Waals surface area contributed by atoms with Crippen LogP contribution < -0.4 is 4.74 Å². The van der Waals surface area contributed by atoms with Gasteiger partial charge in [-0.25, -0.2) is 0 Å². The molecule has 0 fully saturated rings. The summed E-state index contributed by atoms with van der Waals surface area (Å²) in [7, 11) is 0. The van der Waals surface area contributed by atoms with Crippen LogP contribution in [0.4, 0.5) is 0 Å². The molecular weight excluding hydrogens is 247 g/mol. The average Bonchev–Trinajstić information content (AvgIpc) is 2.21. The Bertz CT molecular complexity index is 331. The van der Waals surface area contributed by atoms with Crippen molar-refractivity contribution < 1.29 is 26.6 Å². The minimum absolute atomic E-state index is 0. The molecule has 0 heterocycles. The van der Waals surface area contributed by atoms with E-state index in [-0.39, 0.29) is 51.5 Å². The molecule has 8 N–H and O–H groups in total. The molecule has 98 valence electrons. The molecule has 0 aliphatic heterocycles. The second-order valence-corrected chi connectivity index (χ2v) is 2.73. The SMILES string of the molecule is O.O.O.O.[NaH].c1ccc(Oc2ccccc2)cc1. The Morgan fingerprint density at radius 2 is 0.778 bits per heavy atom. The fourth-order valence-electron chi connectivity index (χ4n) is 1.11. The van der Waals surface area contributed by atoms with E-state index in [1.54, 1.807) is 0 Å². The van der Waals surface area contributed by atoms with E-state index in [1.807, 2.05) is 60.7 Å². The second kappa shape index (κ2) is 14.1. The van der Waals surface area contributed by atoms with Crippen LogP contribution in [0.15, 0.2) is 60.7 Å². The normalized spacial score (nSPS) is 6.89. The van der Waals surface area contributed by atoms with Crippen LogP contribution in [-0.4, -0.2) is 51.5 Å². The third-order valence-electron chi connectivity index (χ3n) is 1.72. The molecule has 0 aromatic heterocycles. The summed E-state index contributed by atoms with van der Waals surface area (Å²) < 4.78 is 5.58. The summed E-state index contributed by atoms with van der Waals surface area (Å²) in [5.41, 5.74) is 0. The van der Waals surface area contributed by atoms with Gasteiger partial charge in [0.1, 0.15) is 11.5 Å². The molecule has 6 heteroatoms. The van der Waals surface area contributed by atoms with E-state index in [2.05, 4.69) is 0 Å². The summed E-state index contributed by atoms with van der Waals surface area (Å²) >= 11 is 0. The first kappa shape index (κ1) is 25.8. The van der Waals surface area contributed by atoms with Crippen molar-refractivity contribution >= 4 is 29.6 Å². The Labute approximate surface area is 128 Å². The van der Waals surface area contributed by atoms with Crippen molar-refractivity contribution in [2.45, 2.75) is 0 Å². The van der Waals surface area contributed by atoms with Crippen molar-refractivity contribution in [3.63, 3.8) is 0 Å². The zero-order valence-electron chi connectivity index (χ0n) is 9.18. The molecule has 0 saturated heterocycles. The van der Waals surface area contributed by atoms with Crippen LogP contribution in [0, 0.1) is 0 Å². The summed E-state index contributed by atoms with van der Waals surface area (Å²) in [6.45, 7) is 0. The number of hydrogen-bond acceptors (Lipinski definition) is 1. The van der Waals surface area contributed by atoms with Crippen molar-refractivity contribution in [2.24, 2.45) is 0 Å². The van der Waals surface area contributed by atoms with Crippen molar-refractivity contribution in [3.05, 3.63) is 60.7 Å². The fraction of sp³-hybridized carbons (Fsp3) is 0. The third-order valence-corrected chi connectivity index (χ3v) is 1.72. The predicted octanol–water partition coefficient (Wildman–Crippen LogP) is -0.468. The standard InChI is InChI=1S/C12H10O.Na.4H2O.H/c1-3-7-11(8-4-1)13-12-9-5-2-6-10-12;;;;;;/h1-10H;;4*1H2;. The number of benzene rings is 2. The molecule has 0 aliphatic carbocycles. The van der Waals surface area contributed by atoms with Crippen molar-refractivity contribution in [2.75, 3.05) is 0 Å². The minimum Gasteiger partial charge on any atom is -0.457 e. The first-order valence-electron chi connectivity index (χ1n) is 4.23. The first-order chi connectivity index (χ1) is 6.45. The quantitative estimate of drug-likeness (QED) is 0.667. The van der Waals surface area contributed by atoms with Crippen LogP contribution in [0.2, 0.25) is 0 Å². The average molecular weight is 266 g/mol. The van der Waals surface area contributed by atoms with Crippen LogP contribution in [0.3, 0.4) is 0 Å². The topological polar surface area (TPSA) is 135 Å². The summed E-state index contributed by atoms with van der Waals surface area (Å²) in [6, 6.07) is 19.5. The molecule has 2 aromatic rings. The monoisotopic (exact) mass is 266 g/mol. The maximum absolute atomic E-state index is 5.58. The van der Waals surface area contributed by atoms with Gasteiger partial charge in [0.2, 0.25) is 0 Å². The van der Waals surface area contributed by atoms with E-state index in [0.29, 0.717) is 0 Å². The molecule has 0 saturated carbocycles. The fourth-order valence-corrected chi connectivity index (χ4v) is 1.11. The van der Waals surface area contributed by atoms with E-state index in [4.69, 9.17) is 4.74 Å². The van der Waals surface area contributed by atoms with Crippen molar-refractivity contribution in [1.29, 1.82) is 0 Å². The Morgan fingerprint density at radius 1 is 0.500 bits per heavy atom. The van der Waals surface area contributed by atoms with Gasteiger partial charge in [-0.05, 0) is 24.3 Å². The summed E-state index contributed by atoms with van der Waals surface area (Å²) in [6.07, 6.45) is 0. The molecule has 0 aliphatic rings. The van der Waals surface area contributed by atoms with Crippen LogP contribution in [0.5, 0.6) is 11.5 Å². The van der Waals surface area contributed by atoms with Gasteiger partial charge in [-0.1, -0.05) is 36.4 Å². The smallest absolute Gasteiger partial charge is 0.127 e. The number of ether oxygens (including phenoxy) is 1. The van der Waals surface area contributed by atoms with Gasteiger partial charge in [0, 0.05) is 0 Å². The maximum atomic E-state index is 5.58. The van der Waals surface area contributed by atoms with Gasteiger partial charge in [-0.2, -0.15) is 0 Å². The molecule has 18 heavy (non-hydrogen) atoms. The van der Waals surface area contributed by atoms with Crippen LogP contribution >= 0.6 is 0 Å². The Hall–Kier alpha value is -0.920. The zero-order chi connectivity index (χ0) is 8.93. The molecule has 0 bridgehead atoms. The Kier molecular flexibility index (Phi) is 20.3. The predicted molar refractivity (Wildman–Crippen MR) is 74.6 cm³/mol. The molecule has 2 aromatic carbocycles. The first-order valence-corrected chi connectivity index (χ1v) is 4.23. The molecule has 0 amide bonds. The van der Waals surface area contributed by atoms with Crippen molar-refractivity contribution in [1.82, 2.24) is 0 Å². The molecule has 0 atom stereocenters. The van der Waals surface area contributed by atoms with Crippen LogP contribution in [-0.2, 0) is 0 Å². The van der Waals surface area contributed by atoms with E-state index in [0.717, 1.165) is 11.5 Å². The summed E-state index contributed by atoms with van der Waals surface area (Å²) in [5, 5.41) is 0. The van der Waals surface area contributed by atoms with Crippen molar-refractivity contribution in [3.8, 4) is 11.5 Å². The van der Waals surface area contributed by atoms with Gasteiger partial charge < -0.3 is 26.6 Å². The second-order valence-electron chi connectivity index (χ2n) is 2.73. The van der Waals surface area contributed by atoms with Gasteiger partial charge in [-0.3, -0.25) is 0 Å². The summed E-state index contributed by atoms with van der Waals surface area (Å²) in [5.74, 6) is 1.74. The minimum atomic E-state index is 0. The van der Waals surface area contributed by atoms with Gasteiger partial charge >= 0.3 is 29.6 Å². The maximum Gasteiger partial charge on any atom is 0.127 e. The summed E-state index contributed by atoms with van der Waals surface area (Å²) in [4.78, 5) is 0. The molecule has 0 radical (unpaired) electrons. The molecule has 0 spiro atoms. The van der Waals surface area contributed by atoms with E-state index in [1.165, 1.54) is 0 Å². The Morgan fingerprint density at radius 3 is 1.06 bits per heavy atom. The largest absolute Gasteiger partial charge is 0.457 e. The number of para-hydroxylation sites is 2. The Balaban J connectivity index is -0.000000196. The van der Waals surface area contributed by atoms with E-state index < -0.39 is 0 Å². The van der Waals surface area contributed by atoms with E-state index >= 15 is 0 Å². The van der Waals surface area contributed by atoms with Gasteiger partial charge in [-0.15, -0.1) is 0 Å². The molecule has 5 nitrogen and oxygen atoms in total. The van der Waals surface area contributed by atoms with Crippen LogP contribution in [0.1, 0.15) is 0 Å². The molecular formula is C12H19NaO5. The van der Waals surface area contributed by atoms with Gasteiger partial charge in [0.25, 0.3) is 0 Å². The van der Waals surface area contributed by atoms with Crippen LogP contribution in [0.25, 0.3) is 0 Å². The number of rotatable bonds is 2. The third kappa shape index (κ3) is 8.21. The van der Waals surface area contributed by atoms with E-state index in [9.17, 15) is 0 Å². The number of hydrogen-bond donors (Lipinski definition) is 0. The zero-order valence-corrected chi connectivity index (χ0v) is 9.18. The van der Waals surface area contributed by atoms with Gasteiger partial charge in [0.05, 0.1) is 0 Å². The van der Waals surface area contributed by atoms with Gasteiger partial charge in [0.15, 0.2) is 0 Å².